The average molecular weight is 285 g/mol. The number of carbonyl (C=O) groups is 1. The number of ether oxygens (including phenoxy) is 1. The first kappa shape index (κ1) is 14.2. The van der Waals surface area contributed by atoms with Gasteiger partial charge in [-0.1, -0.05) is 0 Å². The Morgan fingerprint density at radius 1 is 1.58 bits per heavy atom. The van der Waals surface area contributed by atoms with Gasteiger partial charge in [0.05, 0.1) is 18.9 Å². The summed E-state index contributed by atoms with van der Waals surface area (Å²) in [6.07, 6.45) is 0. The summed E-state index contributed by atoms with van der Waals surface area (Å²) in [5.74, 6) is -0.924. The van der Waals surface area contributed by atoms with E-state index in [1.807, 2.05) is 0 Å². The van der Waals surface area contributed by atoms with E-state index in [4.69, 9.17) is 9.84 Å². The maximum atomic E-state index is 11.2. The topological polar surface area (TPSA) is 74.7 Å². The second kappa shape index (κ2) is 6.31. The molecule has 1 saturated heterocycles. The number of anilines is 1. The Morgan fingerprint density at radius 3 is 2.89 bits per heavy atom. The highest BCUT2D eigenvalue weighted by atomic mass is 32.1. The summed E-state index contributed by atoms with van der Waals surface area (Å²) in [7, 11) is 0. The minimum absolute atomic E-state index is 0.177. The van der Waals surface area contributed by atoms with E-state index in [1.54, 1.807) is 6.92 Å². The summed E-state index contributed by atoms with van der Waals surface area (Å²) in [6.45, 7) is 8.05. The first-order valence-electron chi connectivity index (χ1n) is 6.34. The highest BCUT2D eigenvalue weighted by Gasteiger charge is 2.20. The van der Waals surface area contributed by atoms with E-state index in [-0.39, 0.29) is 6.04 Å². The molecule has 106 valence electrons. The van der Waals surface area contributed by atoms with Crippen molar-refractivity contribution in [3.05, 3.63) is 11.3 Å². The number of nitrogens with one attached hydrogen (secondary N) is 1. The molecule has 2 heterocycles. The number of carboxylic acids is 1. The molecule has 7 heteroatoms. The molecule has 1 aromatic rings. The van der Waals surface area contributed by atoms with Gasteiger partial charge in [0, 0.05) is 25.7 Å². The summed E-state index contributed by atoms with van der Waals surface area (Å²) in [5, 5.41) is 13.1. The monoisotopic (exact) mass is 285 g/mol. The van der Waals surface area contributed by atoms with Crippen LogP contribution in [0.25, 0.3) is 0 Å². The van der Waals surface area contributed by atoms with Gasteiger partial charge in [0.1, 0.15) is 10.6 Å². The number of carboxylic acid groups (broad SMARTS) is 1. The van der Waals surface area contributed by atoms with Gasteiger partial charge in [0.2, 0.25) is 0 Å². The SMILES string of the molecule is Cc1nsc(NC(C)CN2CCOCC2)c1C(=O)O. The third kappa shape index (κ3) is 3.65. The van der Waals surface area contributed by atoms with Gasteiger partial charge < -0.3 is 15.2 Å². The van der Waals surface area contributed by atoms with Gasteiger partial charge in [-0.3, -0.25) is 4.90 Å². The van der Waals surface area contributed by atoms with E-state index >= 15 is 0 Å². The molecule has 2 N–H and O–H groups in total. The molecule has 2 rings (SSSR count). The zero-order valence-electron chi connectivity index (χ0n) is 11.2. The van der Waals surface area contributed by atoms with Crippen LogP contribution in [0.2, 0.25) is 0 Å². The number of hydrogen-bond donors (Lipinski definition) is 2. The van der Waals surface area contributed by atoms with Gasteiger partial charge in [-0.2, -0.15) is 4.37 Å². The lowest BCUT2D eigenvalue weighted by Crippen LogP contribution is -2.42. The number of aromatic carboxylic acids is 1. The third-order valence-electron chi connectivity index (χ3n) is 3.09. The molecule has 1 fully saturated rings. The number of nitrogens with zero attached hydrogens (tertiary/aromatic N) is 2. The van der Waals surface area contributed by atoms with Crippen LogP contribution < -0.4 is 5.32 Å². The molecule has 0 saturated carbocycles. The largest absolute Gasteiger partial charge is 0.478 e. The van der Waals surface area contributed by atoms with E-state index < -0.39 is 5.97 Å². The molecular weight excluding hydrogens is 266 g/mol. The van der Waals surface area contributed by atoms with Crippen molar-refractivity contribution in [2.24, 2.45) is 0 Å². The third-order valence-corrected chi connectivity index (χ3v) is 3.96. The molecule has 1 aliphatic heterocycles. The van der Waals surface area contributed by atoms with Crippen LogP contribution in [0.4, 0.5) is 5.00 Å². The van der Waals surface area contributed by atoms with Gasteiger partial charge in [0.15, 0.2) is 0 Å². The van der Waals surface area contributed by atoms with Crippen molar-refractivity contribution in [2.75, 3.05) is 38.2 Å². The van der Waals surface area contributed by atoms with E-state index in [2.05, 4.69) is 21.5 Å². The zero-order valence-corrected chi connectivity index (χ0v) is 12.0. The average Bonchev–Trinajstić information content (AvgIpc) is 2.71. The van der Waals surface area contributed by atoms with E-state index in [9.17, 15) is 4.79 Å². The Kier molecular flexibility index (Phi) is 4.73. The van der Waals surface area contributed by atoms with Crippen LogP contribution in [0.5, 0.6) is 0 Å². The Balaban J connectivity index is 1.94. The van der Waals surface area contributed by atoms with Crippen molar-refractivity contribution in [3.8, 4) is 0 Å². The number of aromatic nitrogens is 1. The maximum absolute atomic E-state index is 11.2. The molecule has 0 aliphatic carbocycles. The Labute approximate surface area is 116 Å². The predicted molar refractivity (Wildman–Crippen MR) is 74.2 cm³/mol. The second-order valence-electron chi connectivity index (χ2n) is 4.74. The number of rotatable bonds is 5. The van der Waals surface area contributed by atoms with E-state index in [1.165, 1.54) is 11.5 Å². The predicted octanol–water partition coefficient (Wildman–Crippen LogP) is 1.28. The highest BCUT2D eigenvalue weighted by Crippen LogP contribution is 2.25. The number of aryl methyl sites for hydroxylation is 1. The van der Waals surface area contributed by atoms with Crippen LogP contribution in [-0.2, 0) is 4.74 Å². The molecule has 0 aromatic carbocycles. The number of morpholine rings is 1. The fourth-order valence-corrected chi connectivity index (χ4v) is 3.06. The van der Waals surface area contributed by atoms with Crippen LogP contribution in [0.1, 0.15) is 23.0 Å². The Hall–Kier alpha value is -1.18. The number of hydrogen-bond acceptors (Lipinski definition) is 6. The first-order chi connectivity index (χ1) is 9.08. The summed E-state index contributed by atoms with van der Waals surface area (Å²) in [6, 6.07) is 0.177. The summed E-state index contributed by atoms with van der Waals surface area (Å²) in [5.41, 5.74) is 0.859. The van der Waals surface area contributed by atoms with Crippen molar-refractivity contribution < 1.29 is 14.6 Å². The fourth-order valence-electron chi connectivity index (χ4n) is 2.16. The van der Waals surface area contributed by atoms with Gasteiger partial charge in [0.25, 0.3) is 0 Å². The van der Waals surface area contributed by atoms with Crippen molar-refractivity contribution in [1.82, 2.24) is 9.27 Å². The molecule has 1 atom stereocenters. The summed E-state index contributed by atoms with van der Waals surface area (Å²) in [4.78, 5) is 13.5. The van der Waals surface area contributed by atoms with Gasteiger partial charge in [-0.25, -0.2) is 4.79 Å². The van der Waals surface area contributed by atoms with Crippen LogP contribution in [-0.4, -0.2) is 59.2 Å². The van der Waals surface area contributed by atoms with E-state index in [0.717, 1.165) is 32.8 Å². The zero-order chi connectivity index (χ0) is 13.8. The van der Waals surface area contributed by atoms with Crippen molar-refractivity contribution >= 4 is 22.5 Å². The standard InChI is InChI=1S/C12H19N3O3S/c1-8(7-15-3-5-18-6-4-15)13-11-10(12(16)17)9(2)14-19-11/h8,13H,3-7H2,1-2H3,(H,16,17). The molecule has 6 nitrogen and oxygen atoms in total. The molecule has 1 aromatic heterocycles. The summed E-state index contributed by atoms with van der Waals surface area (Å²) < 4.78 is 9.41. The smallest absolute Gasteiger partial charge is 0.340 e. The Morgan fingerprint density at radius 2 is 2.26 bits per heavy atom. The lowest BCUT2D eigenvalue weighted by Gasteiger charge is -2.29. The van der Waals surface area contributed by atoms with Gasteiger partial charge in [-0.15, -0.1) is 0 Å². The lowest BCUT2D eigenvalue weighted by atomic mass is 10.2. The fraction of sp³-hybridized carbons (Fsp3) is 0.667. The molecule has 0 amide bonds. The molecule has 1 aliphatic rings. The molecule has 19 heavy (non-hydrogen) atoms. The Bertz CT molecular complexity index is 443. The first-order valence-corrected chi connectivity index (χ1v) is 7.11. The van der Waals surface area contributed by atoms with Crippen molar-refractivity contribution in [2.45, 2.75) is 19.9 Å². The normalized spacial score (nSPS) is 18.2. The molecular formula is C12H19N3O3S. The van der Waals surface area contributed by atoms with Gasteiger partial charge in [-0.05, 0) is 25.4 Å². The molecule has 0 radical (unpaired) electrons. The van der Waals surface area contributed by atoms with Gasteiger partial charge >= 0.3 is 5.97 Å². The van der Waals surface area contributed by atoms with E-state index in [0.29, 0.717) is 16.3 Å². The van der Waals surface area contributed by atoms with Crippen LogP contribution >= 0.6 is 11.5 Å². The minimum atomic E-state index is -0.924. The molecule has 0 spiro atoms. The summed E-state index contributed by atoms with van der Waals surface area (Å²) >= 11 is 1.21. The van der Waals surface area contributed by atoms with Crippen LogP contribution in [0.15, 0.2) is 0 Å². The van der Waals surface area contributed by atoms with Crippen molar-refractivity contribution in [1.29, 1.82) is 0 Å². The lowest BCUT2D eigenvalue weighted by molar-refractivity contribution is 0.0368. The minimum Gasteiger partial charge on any atom is -0.478 e. The molecule has 0 bridgehead atoms. The van der Waals surface area contributed by atoms with Crippen LogP contribution in [0, 0.1) is 6.92 Å². The quantitative estimate of drug-likeness (QED) is 0.849. The van der Waals surface area contributed by atoms with Crippen molar-refractivity contribution in [3.63, 3.8) is 0 Å². The molecule has 1 unspecified atom stereocenters. The maximum Gasteiger partial charge on any atom is 0.340 e. The second-order valence-corrected chi connectivity index (χ2v) is 5.51. The van der Waals surface area contributed by atoms with Crippen LogP contribution in [0.3, 0.4) is 0 Å². The highest BCUT2D eigenvalue weighted by molar-refractivity contribution is 7.10.